The van der Waals surface area contributed by atoms with Crippen LogP contribution in [0.1, 0.15) is 52.9 Å². The summed E-state index contributed by atoms with van der Waals surface area (Å²) in [6, 6.07) is -0.323. The minimum atomic E-state index is -0.721. The minimum Gasteiger partial charge on any atom is -0.480 e. The van der Waals surface area contributed by atoms with E-state index in [1.165, 1.54) is 12.8 Å². The number of fused-ring (bicyclic) bond motifs is 1. The molecule has 1 saturated heterocycles. The minimum absolute atomic E-state index is 0.0255. The second kappa shape index (κ2) is 8.30. The SMILES string of the molecule is CNC(C)C(=O)NC(CN1C(C(=O)O)CC2CCCCC21)C(C)C. The van der Waals surface area contributed by atoms with E-state index in [1.807, 2.05) is 6.92 Å². The lowest BCUT2D eigenvalue weighted by Gasteiger charge is -2.36. The first-order valence-electron chi connectivity index (χ1n) is 9.31. The molecule has 1 heterocycles. The van der Waals surface area contributed by atoms with Gasteiger partial charge in [-0.05, 0) is 45.1 Å². The van der Waals surface area contributed by atoms with Gasteiger partial charge in [-0.15, -0.1) is 0 Å². The van der Waals surface area contributed by atoms with Gasteiger partial charge in [0.1, 0.15) is 6.04 Å². The van der Waals surface area contributed by atoms with Crippen molar-refractivity contribution in [1.29, 1.82) is 0 Å². The Morgan fingerprint density at radius 1 is 1.21 bits per heavy atom. The van der Waals surface area contributed by atoms with E-state index in [0.717, 1.165) is 19.3 Å². The lowest BCUT2D eigenvalue weighted by Crippen LogP contribution is -2.54. The topological polar surface area (TPSA) is 81.7 Å². The molecule has 2 rings (SSSR count). The molecule has 6 heteroatoms. The Bertz CT molecular complexity index is 455. The van der Waals surface area contributed by atoms with E-state index in [1.54, 1.807) is 7.05 Å². The van der Waals surface area contributed by atoms with Crippen LogP contribution in [0.4, 0.5) is 0 Å². The molecule has 6 nitrogen and oxygen atoms in total. The molecule has 0 spiro atoms. The molecular formula is C18H33N3O3. The third kappa shape index (κ3) is 4.28. The highest BCUT2D eigenvalue weighted by molar-refractivity contribution is 5.81. The van der Waals surface area contributed by atoms with E-state index in [0.29, 0.717) is 18.5 Å². The predicted molar refractivity (Wildman–Crippen MR) is 93.8 cm³/mol. The number of hydrogen-bond acceptors (Lipinski definition) is 4. The summed E-state index contributed by atoms with van der Waals surface area (Å²) in [6.07, 6.45) is 5.37. The second-order valence-corrected chi connectivity index (χ2v) is 7.77. The Kier molecular flexibility index (Phi) is 6.63. The zero-order chi connectivity index (χ0) is 17.9. The van der Waals surface area contributed by atoms with E-state index in [9.17, 15) is 14.7 Å². The van der Waals surface area contributed by atoms with Crippen LogP contribution in [0.25, 0.3) is 0 Å². The molecule has 0 aromatic rings. The zero-order valence-electron chi connectivity index (χ0n) is 15.4. The number of carboxylic acids is 1. The number of nitrogens with one attached hydrogen (secondary N) is 2. The van der Waals surface area contributed by atoms with Crippen molar-refractivity contribution in [2.75, 3.05) is 13.6 Å². The fraction of sp³-hybridized carbons (Fsp3) is 0.889. The van der Waals surface area contributed by atoms with Crippen LogP contribution in [0.2, 0.25) is 0 Å². The normalized spacial score (nSPS) is 30.0. The molecule has 1 amide bonds. The Labute approximate surface area is 145 Å². The third-order valence-corrected chi connectivity index (χ3v) is 5.87. The number of amides is 1. The van der Waals surface area contributed by atoms with Crippen LogP contribution in [0.15, 0.2) is 0 Å². The fourth-order valence-electron chi connectivity index (χ4n) is 4.15. The molecule has 0 radical (unpaired) electrons. The molecule has 1 saturated carbocycles. The van der Waals surface area contributed by atoms with Crippen molar-refractivity contribution in [2.24, 2.45) is 11.8 Å². The van der Waals surface area contributed by atoms with Gasteiger partial charge in [-0.3, -0.25) is 14.5 Å². The van der Waals surface area contributed by atoms with Gasteiger partial charge < -0.3 is 15.7 Å². The van der Waals surface area contributed by atoms with Crippen molar-refractivity contribution in [3.8, 4) is 0 Å². The van der Waals surface area contributed by atoms with Gasteiger partial charge in [0, 0.05) is 18.6 Å². The standard InChI is InChI=1S/C18H33N3O3/c1-11(2)14(20-17(22)12(3)19-4)10-21-15-8-6-5-7-13(15)9-16(21)18(23)24/h11-16,19H,5-10H2,1-4H3,(H,20,22)(H,23,24). The van der Waals surface area contributed by atoms with Gasteiger partial charge in [0.2, 0.25) is 5.91 Å². The lowest BCUT2D eigenvalue weighted by molar-refractivity contribution is -0.142. The Hall–Kier alpha value is -1.14. The van der Waals surface area contributed by atoms with Crippen LogP contribution in [-0.4, -0.2) is 59.6 Å². The van der Waals surface area contributed by atoms with Gasteiger partial charge in [-0.25, -0.2) is 0 Å². The molecule has 24 heavy (non-hydrogen) atoms. The lowest BCUT2D eigenvalue weighted by atomic mass is 9.84. The monoisotopic (exact) mass is 339 g/mol. The van der Waals surface area contributed by atoms with Gasteiger partial charge in [-0.2, -0.15) is 0 Å². The van der Waals surface area contributed by atoms with Crippen LogP contribution in [0.3, 0.4) is 0 Å². The number of carboxylic acid groups (broad SMARTS) is 1. The van der Waals surface area contributed by atoms with Crippen LogP contribution in [-0.2, 0) is 9.59 Å². The highest BCUT2D eigenvalue weighted by atomic mass is 16.4. The smallest absolute Gasteiger partial charge is 0.320 e. The molecular weight excluding hydrogens is 306 g/mol. The van der Waals surface area contributed by atoms with E-state index in [4.69, 9.17) is 0 Å². The fourth-order valence-corrected chi connectivity index (χ4v) is 4.15. The Morgan fingerprint density at radius 2 is 1.88 bits per heavy atom. The maximum absolute atomic E-state index is 12.3. The number of likely N-dealkylation sites (tertiary alicyclic amines) is 1. The van der Waals surface area contributed by atoms with Crippen LogP contribution >= 0.6 is 0 Å². The third-order valence-electron chi connectivity index (χ3n) is 5.87. The number of hydrogen-bond donors (Lipinski definition) is 3. The largest absolute Gasteiger partial charge is 0.480 e. The average molecular weight is 339 g/mol. The molecule has 0 aromatic carbocycles. The molecule has 0 aromatic heterocycles. The van der Waals surface area contributed by atoms with Crippen molar-refractivity contribution < 1.29 is 14.7 Å². The quantitative estimate of drug-likeness (QED) is 0.654. The van der Waals surface area contributed by atoms with Crippen LogP contribution in [0.5, 0.6) is 0 Å². The summed E-state index contributed by atoms with van der Waals surface area (Å²) in [5.41, 5.74) is 0. The predicted octanol–water partition coefficient (Wildman–Crippen LogP) is 1.45. The van der Waals surface area contributed by atoms with Crippen molar-refractivity contribution in [2.45, 2.75) is 77.0 Å². The Morgan fingerprint density at radius 3 is 2.46 bits per heavy atom. The molecule has 5 atom stereocenters. The first-order valence-corrected chi connectivity index (χ1v) is 9.31. The molecule has 2 aliphatic rings. The van der Waals surface area contributed by atoms with E-state index in [2.05, 4.69) is 29.4 Å². The van der Waals surface area contributed by atoms with Gasteiger partial charge in [0.15, 0.2) is 0 Å². The van der Waals surface area contributed by atoms with Crippen LogP contribution in [0, 0.1) is 11.8 Å². The van der Waals surface area contributed by atoms with Gasteiger partial charge >= 0.3 is 5.97 Å². The first kappa shape index (κ1) is 19.2. The first-order chi connectivity index (χ1) is 11.3. The van der Waals surface area contributed by atoms with Crippen LogP contribution < -0.4 is 10.6 Å². The number of rotatable bonds is 7. The van der Waals surface area contributed by atoms with Gasteiger partial charge in [0.05, 0.1) is 6.04 Å². The summed E-state index contributed by atoms with van der Waals surface area (Å²) in [5.74, 6) is 0.0129. The maximum Gasteiger partial charge on any atom is 0.320 e. The highest BCUT2D eigenvalue weighted by Gasteiger charge is 2.46. The molecule has 2 fully saturated rings. The van der Waals surface area contributed by atoms with Crippen molar-refractivity contribution in [3.63, 3.8) is 0 Å². The van der Waals surface area contributed by atoms with Crippen molar-refractivity contribution >= 4 is 11.9 Å². The summed E-state index contributed by atoms with van der Waals surface area (Å²) in [4.78, 5) is 26.2. The maximum atomic E-state index is 12.3. The highest BCUT2D eigenvalue weighted by Crippen LogP contribution is 2.40. The molecule has 3 N–H and O–H groups in total. The summed E-state index contributed by atoms with van der Waals surface area (Å²) < 4.78 is 0. The molecule has 138 valence electrons. The number of aliphatic carboxylic acids is 1. The van der Waals surface area contributed by atoms with E-state index >= 15 is 0 Å². The number of nitrogens with zero attached hydrogens (tertiary/aromatic N) is 1. The Balaban J connectivity index is 2.10. The van der Waals surface area contributed by atoms with Gasteiger partial charge in [-0.1, -0.05) is 26.7 Å². The average Bonchev–Trinajstić information content (AvgIpc) is 2.92. The molecule has 5 unspecified atom stereocenters. The number of carbonyl (C=O) groups is 2. The number of carbonyl (C=O) groups excluding carboxylic acids is 1. The second-order valence-electron chi connectivity index (χ2n) is 7.77. The zero-order valence-corrected chi connectivity index (χ0v) is 15.4. The molecule has 0 bridgehead atoms. The summed E-state index contributed by atoms with van der Waals surface area (Å²) in [6.45, 7) is 6.62. The van der Waals surface area contributed by atoms with Gasteiger partial charge in [0.25, 0.3) is 0 Å². The van der Waals surface area contributed by atoms with Crippen molar-refractivity contribution in [1.82, 2.24) is 15.5 Å². The molecule has 1 aliphatic carbocycles. The van der Waals surface area contributed by atoms with E-state index in [-0.39, 0.29) is 23.9 Å². The summed E-state index contributed by atoms with van der Waals surface area (Å²) >= 11 is 0. The number of likely N-dealkylation sites (N-methyl/N-ethyl adjacent to an activating group) is 1. The van der Waals surface area contributed by atoms with Crippen molar-refractivity contribution in [3.05, 3.63) is 0 Å². The summed E-state index contributed by atoms with van der Waals surface area (Å²) in [5, 5.41) is 15.7. The van der Waals surface area contributed by atoms with E-state index < -0.39 is 12.0 Å². The summed E-state index contributed by atoms with van der Waals surface area (Å²) in [7, 11) is 1.77. The molecule has 1 aliphatic heterocycles.